The quantitative estimate of drug-likeness (QED) is 0.864. The molecule has 0 saturated carbocycles. The van der Waals surface area contributed by atoms with E-state index in [1.807, 2.05) is 20.8 Å². The van der Waals surface area contributed by atoms with E-state index in [0.717, 1.165) is 36.4 Å². The molecular formula is C16H25BrN4O2. The first kappa shape index (κ1) is 18.0. The number of halogens is 1. The van der Waals surface area contributed by atoms with Crippen molar-refractivity contribution in [2.24, 2.45) is 5.41 Å². The van der Waals surface area contributed by atoms with Gasteiger partial charge in [-0.15, -0.1) is 0 Å². The predicted octanol–water partition coefficient (Wildman–Crippen LogP) is 3.37. The fraction of sp³-hybridized carbons (Fsp3) is 0.688. The summed E-state index contributed by atoms with van der Waals surface area (Å²) in [7, 11) is 0. The Morgan fingerprint density at radius 2 is 2.00 bits per heavy atom. The Balaban J connectivity index is 1.82. The highest BCUT2D eigenvalue weighted by Gasteiger charge is 2.31. The lowest BCUT2D eigenvalue weighted by Gasteiger charge is -2.39. The van der Waals surface area contributed by atoms with Gasteiger partial charge in [0.25, 0.3) is 0 Å². The highest BCUT2D eigenvalue weighted by molar-refractivity contribution is 9.10. The minimum Gasteiger partial charge on any atom is -0.444 e. The number of carbonyl (C=O) groups excluding carboxylic acids is 1. The minimum atomic E-state index is -0.464. The summed E-state index contributed by atoms with van der Waals surface area (Å²) in [5, 5.41) is 2.90. The molecule has 0 radical (unpaired) electrons. The first-order valence-corrected chi connectivity index (χ1v) is 8.66. The summed E-state index contributed by atoms with van der Waals surface area (Å²) in [6.07, 6.45) is 5.12. The van der Waals surface area contributed by atoms with Crippen molar-refractivity contribution >= 4 is 27.8 Å². The summed E-state index contributed by atoms with van der Waals surface area (Å²) in [6, 6.07) is 0. The summed E-state index contributed by atoms with van der Waals surface area (Å²) in [6.45, 7) is 10.2. The topological polar surface area (TPSA) is 67.3 Å². The van der Waals surface area contributed by atoms with E-state index in [0.29, 0.717) is 6.54 Å². The molecule has 0 unspecified atom stereocenters. The number of ether oxygens (including phenoxy) is 1. The number of carbonyl (C=O) groups is 1. The number of anilines is 1. The fourth-order valence-electron chi connectivity index (χ4n) is 2.52. The zero-order chi connectivity index (χ0) is 17.1. The number of hydrogen-bond donors (Lipinski definition) is 1. The SMILES string of the molecule is CC1(CNC(=O)OC(C)(C)C)CCN(c2cnc(Br)cn2)CC1. The first-order chi connectivity index (χ1) is 10.7. The van der Waals surface area contributed by atoms with Crippen LogP contribution in [0.1, 0.15) is 40.5 Å². The minimum absolute atomic E-state index is 0.0796. The molecule has 23 heavy (non-hydrogen) atoms. The van der Waals surface area contributed by atoms with Crippen molar-refractivity contribution in [2.75, 3.05) is 24.5 Å². The largest absolute Gasteiger partial charge is 0.444 e. The Morgan fingerprint density at radius 3 is 2.52 bits per heavy atom. The summed E-state index contributed by atoms with van der Waals surface area (Å²) in [5.41, 5.74) is -0.384. The average Bonchev–Trinajstić information content (AvgIpc) is 2.46. The van der Waals surface area contributed by atoms with E-state index in [-0.39, 0.29) is 11.5 Å². The number of hydrogen-bond acceptors (Lipinski definition) is 5. The van der Waals surface area contributed by atoms with Crippen molar-refractivity contribution < 1.29 is 9.53 Å². The van der Waals surface area contributed by atoms with Gasteiger partial charge in [-0.1, -0.05) is 6.92 Å². The molecule has 7 heteroatoms. The molecule has 1 aliphatic heterocycles. The monoisotopic (exact) mass is 384 g/mol. The van der Waals surface area contributed by atoms with Crippen LogP contribution in [0.2, 0.25) is 0 Å². The highest BCUT2D eigenvalue weighted by atomic mass is 79.9. The fourth-order valence-corrected chi connectivity index (χ4v) is 2.73. The van der Waals surface area contributed by atoms with Gasteiger partial charge in [-0.05, 0) is 55.0 Å². The summed E-state index contributed by atoms with van der Waals surface area (Å²) < 4.78 is 6.03. The van der Waals surface area contributed by atoms with Crippen LogP contribution in [0.25, 0.3) is 0 Å². The second-order valence-corrected chi connectivity index (χ2v) is 8.16. The maximum absolute atomic E-state index is 11.8. The third-order valence-corrected chi connectivity index (χ3v) is 4.37. The number of nitrogens with one attached hydrogen (secondary N) is 1. The lowest BCUT2D eigenvalue weighted by atomic mass is 9.80. The van der Waals surface area contributed by atoms with Gasteiger partial charge in [0.05, 0.1) is 12.4 Å². The zero-order valence-electron chi connectivity index (χ0n) is 14.2. The molecule has 2 rings (SSSR count). The van der Waals surface area contributed by atoms with Crippen molar-refractivity contribution in [3.05, 3.63) is 17.0 Å². The standard InChI is InChI=1S/C16H25BrN4O2/c1-15(2,3)23-14(22)20-11-16(4)5-7-21(8-6-16)13-10-18-12(17)9-19-13/h9-10H,5-8,11H2,1-4H3,(H,20,22). The Labute approximate surface area is 146 Å². The summed E-state index contributed by atoms with van der Waals surface area (Å²) >= 11 is 3.30. The highest BCUT2D eigenvalue weighted by Crippen LogP contribution is 2.31. The molecule has 1 fully saturated rings. The molecule has 0 bridgehead atoms. The molecule has 0 spiro atoms. The van der Waals surface area contributed by atoms with E-state index in [4.69, 9.17) is 4.74 Å². The van der Waals surface area contributed by atoms with Crippen LogP contribution >= 0.6 is 15.9 Å². The summed E-state index contributed by atoms with van der Waals surface area (Å²) in [4.78, 5) is 22.6. The van der Waals surface area contributed by atoms with Gasteiger partial charge in [0.1, 0.15) is 16.0 Å². The smallest absolute Gasteiger partial charge is 0.407 e. The maximum Gasteiger partial charge on any atom is 0.407 e. The van der Waals surface area contributed by atoms with Crippen molar-refractivity contribution in [2.45, 2.75) is 46.1 Å². The molecule has 0 aromatic carbocycles. The van der Waals surface area contributed by atoms with Crippen LogP contribution in [0.4, 0.5) is 10.6 Å². The van der Waals surface area contributed by atoms with Crippen molar-refractivity contribution in [1.29, 1.82) is 0 Å². The van der Waals surface area contributed by atoms with E-state index < -0.39 is 5.60 Å². The van der Waals surface area contributed by atoms with Crippen molar-refractivity contribution in [1.82, 2.24) is 15.3 Å². The number of aromatic nitrogens is 2. The van der Waals surface area contributed by atoms with Gasteiger partial charge in [0, 0.05) is 19.6 Å². The van der Waals surface area contributed by atoms with Crippen molar-refractivity contribution in [3.63, 3.8) is 0 Å². The molecule has 128 valence electrons. The summed E-state index contributed by atoms with van der Waals surface area (Å²) in [5.74, 6) is 0.898. The molecule has 1 N–H and O–H groups in total. The Hall–Kier alpha value is -1.37. The van der Waals surface area contributed by atoms with E-state index in [1.165, 1.54) is 0 Å². The van der Waals surface area contributed by atoms with Crippen LogP contribution < -0.4 is 10.2 Å². The third-order valence-electron chi connectivity index (χ3n) is 3.96. The molecule has 1 aromatic rings. The second kappa shape index (κ2) is 7.03. The van der Waals surface area contributed by atoms with Crippen LogP contribution in [0.15, 0.2) is 17.0 Å². The van der Waals surface area contributed by atoms with Gasteiger partial charge in [0.15, 0.2) is 0 Å². The van der Waals surface area contributed by atoms with Crippen LogP contribution in [0.5, 0.6) is 0 Å². The molecule has 6 nitrogen and oxygen atoms in total. The van der Waals surface area contributed by atoms with Gasteiger partial charge in [-0.25, -0.2) is 14.8 Å². The van der Waals surface area contributed by atoms with Gasteiger partial charge in [-0.3, -0.25) is 0 Å². The van der Waals surface area contributed by atoms with E-state index in [1.54, 1.807) is 12.4 Å². The van der Waals surface area contributed by atoms with Gasteiger partial charge < -0.3 is 15.0 Å². The number of nitrogens with zero attached hydrogens (tertiary/aromatic N) is 3. The molecule has 1 aliphatic rings. The van der Waals surface area contributed by atoms with E-state index in [9.17, 15) is 4.79 Å². The van der Waals surface area contributed by atoms with Crippen LogP contribution in [0.3, 0.4) is 0 Å². The van der Waals surface area contributed by atoms with E-state index >= 15 is 0 Å². The number of piperidine rings is 1. The number of rotatable bonds is 3. The average molecular weight is 385 g/mol. The maximum atomic E-state index is 11.8. The predicted molar refractivity (Wildman–Crippen MR) is 93.5 cm³/mol. The van der Waals surface area contributed by atoms with Crippen LogP contribution in [-0.2, 0) is 4.74 Å². The zero-order valence-corrected chi connectivity index (χ0v) is 15.8. The molecule has 1 aromatic heterocycles. The lowest BCUT2D eigenvalue weighted by Crippen LogP contribution is -2.45. The Morgan fingerprint density at radius 1 is 1.35 bits per heavy atom. The molecule has 0 atom stereocenters. The number of alkyl carbamates (subject to hydrolysis) is 1. The van der Waals surface area contributed by atoms with Crippen molar-refractivity contribution in [3.8, 4) is 0 Å². The number of amides is 1. The van der Waals surface area contributed by atoms with Crippen LogP contribution in [-0.4, -0.2) is 41.3 Å². The normalized spacial score (nSPS) is 17.7. The molecule has 1 saturated heterocycles. The van der Waals surface area contributed by atoms with Gasteiger partial charge in [0.2, 0.25) is 0 Å². The third kappa shape index (κ3) is 5.64. The molecular weight excluding hydrogens is 360 g/mol. The molecule has 2 heterocycles. The second-order valence-electron chi connectivity index (χ2n) is 7.35. The molecule has 0 aliphatic carbocycles. The van der Waals surface area contributed by atoms with Gasteiger partial charge >= 0.3 is 6.09 Å². The van der Waals surface area contributed by atoms with Gasteiger partial charge in [-0.2, -0.15) is 0 Å². The molecule has 1 amide bonds. The Bertz CT molecular complexity index is 534. The van der Waals surface area contributed by atoms with Crippen LogP contribution in [0, 0.1) is 5.41 Å². The lowest BCUT2D eigenvalue weighted by molar-refractivity contribution is 0.0495. The Kier molecular flexibility index (Phi) is 5.49. The first-order valence-electron chi connectivity index (χ1n) is 7.86. The van der Waals surface area contributed by atoms with E-state index in [2.05, 4.69) is 43.0 Å².